The van der Waals surface area contributed by atoms with Crippen LogP contribution in [-0.2, 0) is 4.79 Å². The summed E-state index contributed by atoms with van der Waals surface area (Å²) in [6.07, 6.45) is 6.91. The first kappa shape index (κ1) is 14.2. The van der Waals surface area contributed by atoms with E-state index in [9.17, 15) is 9.59 Å². The number of hydrogen-bond donors (Lipinski definition) is 1. The van der Waals surface area contributed by atoms with Crippen molar-refractivity contribution in [2.24, 2.45) is 5.92 Å². The van der Waals surface area contributed by atoms with Crippen molar-refractivity contribution in [3.05, 3.63) is 0 Å². The first-order valence-corrected chi connectivity index (χ1v) is 7.31. The fourth-order valence-electron chi connectivity index (χ4n) is 3.27. The van der Waals surface area contributed by atoms with Gasteiger partial charge in [-0.2, -0.15) is 0 Å². The molecule has 19 heavy (non-hydrogen) atoms. The van der Waals surface area contributed by atoms with Crippen LogP contribution in [0.5, 0.6) is 0 Å². The molecule has 1 saturated carbocycles. The van der Waals surface area contributed by atoms with E-state index in [1.54, 1.807) is 0 Å². The molecule has 1 aliphatic carbocycles. The molecule has 0 spiro atoms. The highest BCUT2D eigenvalue weighted by atomic mass is 16.4. The van der Waals surface area contributed by atoms with Gasteiger partial charge in [-0.1, -0.05) is 19.3 Å². The van der Waals surface area contributed by atoms with Gasteiger partial charge in [0.15, 0.2) is 0 Å². The zero-order valence-corrected chi connectivity index (χ0v) is 11.7. The number of carbonyl (C=O) groups is 2. The number of carbonyl (C=O) groups excluding carboxylic acids is 1. The van der Waals surface area contributed by atoms with Crippen molar-refractivity contribution in [2.45, 2.75) is 51.0 Å². The maximum Gasteiger partial charge on any atom is 0.319 e. The van der Waals surface area contributed by atoms with Crippen LogP contribution >= 0.6 is 0 Å². The maximum atomic E-state index is 12.4. The Morgan fingerprint density at radius 3 is 2.53 bits per heavy atom. The van der Waals surface area contributed by atoms with Crippen LogP contribution in [-0.4, -0.2) is 53.1 Å². The number of likely N-dealkylation sites (tertiary alicyclic amines) is 1. The second-order valence-electron chi connectivity index (χ2n) is 5.88. The molecule has 1 saturated heterocycles. The highest BCUT2D eigenvalue weighted by Crippen LogP contribution is 2.25. The van der Waals surface area contributed by atoms with Crippen LogP contribution in [0.2, 0.25) is 0 Å². The number of amides is 2. The molecular formula is C14H24N2O3. The normalized spacial score (nSPS) is 24.5. The van der Waals surface area contributed by atoms with Gasteiger partial charge in [0.05, 0.1) is 0 Å². The zero-order chi connectivity index (χ0) is 13.8. The van der Waals surface area contributed by atoms with E-state index in [-0.39, 0.29) is 18.4 Å². The molecule has 2 amide bonds. The van der Waals surface area contributed by atoms with Crippen molar-refractivity contribution in [2.75, 3.05) is 20.1 Å². The van der Waals surface area contributed by atoms with Crippen molar-refractivity contribution in [3.63, 3.8) is 0 Å². The minimum atomic E-state index is -0.764. The predicted octanol–water partition coefficient (Wildman–Crippen LogP) is 2.17. The molecule has 1 heterocycles. The van der Waals surface area contributed by atoms with Gasteiger partial charge in [0, 0.05) is 32.6 Å². The Morgan fingerprint density at radius 2 is 1.89 bits per heavy atom. The van der Waals surface area contributed by atoms with Gasteiger partial charge >= 0.3 is 12.0 Å². The summed E-state index contributed by atoms with van der Waals surface area (Å²) in [6, 6.07) is 0.458. The lowest BCUT2D eigenvalue weighted by molar-refractivity contribution is -0.138. The van der Waals surface area contributed by atoms with E-state index >= 15 is 0 Å². The molecule has 0 radical (unpaired) electrons. The summed E-state index contributed by atoms with van der Waals surface area (Å²) in [7, 11) is 1.89. The number of rotatable bonds is 3. The molecule has 1 N–H and O–H groups in total. The molecule has 1 atom stereocenters. The minimum Gasteiger partial charge on any atom is -0.481 e. The third-order valence-electron chi connectivity index (χ3n) is 4.44. The van der Waals surface area contributed by atoms with Crippen LogP contribution in [0.4, 0.5) is 4.79 Å². The van der Waals surface area contributed by atoms with Crippen molar-refractivity contribution in [3.8, 4) is 0 Å². The first-order chi connectivity index (χ1) is 9.08. The van der Waals surface area contributed by atoms with Gasteiger partial charge in [0.25, 0.3) is 0 Å². The molecule has 2 fully saturated rings. The van der Waals surface area contributed by atoms with Crippen LogP contribution in [0.25, 0.3) is 0 Å². The second kappa shape index (κ2) is 6.26. The Bertz CT molecular complexity index is 340. The second-order valence-corrected chi connectivity index (χ2v) is 5.88. The van der Waals surface area contributed by atoms with Crippen molar-refractivity contribution >= 4 is 12.0 Å². The predicted molar refractivity (Wildman–Crippen MR) is 72.0 cm³/mol. The van der Waals surface area contributed by atoms with Gasteiger partial charge < -0.3 is 14.9 Å². The maximum absolute atomic E-state index is 12.4. The van der Waals surface area contributed by atoms with Crippen LogP contribution in [0, 0.1) is 5.92 Å². The standard InChI is InChI=1S/C14H24N2O3/c1-15(12-5-3-2-4-6-12)14(19)16-8-7-11(10-16)9-13(17)18/h11-12H,2-10H2,1H3,(H,17,18). The van der Waals surface area contributed by atoms with Gasteiger partial charge in [-0.3, -0.25) is 4.79 Å². The molecule has 0 aromatic rings. The number of hydrogen-bond acceptors (Lipinski definition) is 2. The molecular weight excluding hydrogens is 244 g/mol. The Kier molecular flexibility index (Phi) is 4.66. The van der Waals surface area contributed by atoms with E-state index in [1.165, 1.54) is 19.3 Å². The van der Waals surface area contributed by atoms with Gasteiger partial charge in [-0.15, -0.1) is 0 Å². The number of nitrogens with zero attached hydrogens (tertiary/aromatic N) is 2. The van der Waals surface area contributed by atoms with Crippen molar-refractivity contribution < 1.29 is 14.7 Å². The molecule has 1 unspecified atom stereocenters. The summed E-state index contributed by atoms with van der Waals surface area (Å²) in [5, 5.41) is 8.80. The quantitative estimate of drug-likeness (QED) is 0.853. The van der Waals surface area contributed by atoms with Crippen molar-refractivity contribution in [1.29, 1.82) is 0 Å². The molecule has 0 aromatic heterocycles. The van der Waals surface area contributed by atoms with E-state index in [0.717, 1.165) is 19.3 Å². The van der Waals surface area contributed by atoms with E-state index in [2.05, 4.69) is 0 Å². The average Bonchev–Trinajstić information content (AvgIpc) is 2.85. The van der Waals surface area contributed by atoms with E-state index in [0.29, 0.717) is 19.1 Å². The number of carboxylic acid groups (broad SMARTS) is 1. The van der Waals surface area contributed by atoms with E-state index in [1.807, 2.05) is 16.8 Å². The molecule has 0 aromatic carbocycles. The SMILES string of the molecule is CN(C(=O)N1CCC(CC(=O)O)C1)C1CCCCC1. The number of aliphatic carboxylic acids is 1. The van der Waals surface area contributed by atoms with Gasteiger partial charge in [0.1, 0.15) is 0 Å². The average molecular weight is 268 g/mol. The highest BCUT2D eigenvalue weighted by Gasteiger charge is 2.31. The summed E-state index contributed by atoms with van der Waals surface area (Å²) in [5.41, 5.74) is 0. The summed E-state index contributed by atoms with van der Waals surface area (Å²) >= 11 is 0. The topological polar surface area (TPSA) is 60.9 Å². The summed E-state index contributed by atoms with van der Waals surface area (Å²) < 4.78 is 0. The zero-order valence-electron chi connectivity index (χ0n) is 11.7. The molecule has 5 nitrogen and oxygen atoms in total. The fraction of sp³-hybridized carbons (Fsp3) is 0.857. The molecule has 2 rings (SSSR count). The molecule has 1 aliphatic heterocycles. The van der Waals surface area contributed by atoms with E-state index < -0.39 is 5.97 Å². The minimum absolute atomic E-state index is 0.0831. The summed E-state index contributed by atoms with van der Waals surface area (Å²) in [4.78, 5) is 26.8. The van der Waals surface area contributed by atoms with Gasteiger partial charge in [-0.05, 0) is 25.2 Å². The first-order valence-electron chi connectivity index (χ1n) is 7.31. The molecule has 2 aliphatic rings. The van der Waals surface area contributed by atoms with Crippen LogP contribution in [0.15, 0.2) is 0 Å². The Morgan fingerprint density at radius 1 is 1.21 bits per heavy atom. The van der Waals surface area contributed by atoms with Gasteiger partial charge in [0.2, 0.25) is 0 Å². The van der Waals surface area contributed by atoms with Crippen molar-refractivity contribution in [1.82, 2.24) is 9.80 Å². The lowest BCUT2D eigenvalue weighted by Crippen LogP contribution is -2.45. The third kappa shape index (κ3) is 3.61. The largest absolute Gasteiger partial charge is 0.481 e. The number of urea groups is 1. The fourth-order valence-corrected chi connectivity index (χ4v) is 3.27. The Labute approximate surface area is 114 Å². The Balaban J connectivity index is 1.84. The van der Waals surface area contributed by atoms with Crippen LogP contribution in [0.1, 0.15) is 44.9 Å². The monoisotopic (exact) mass is 268 g/mol. The highest BCUT2D eigenvalue weighted by molar-refractivity contribution is 5.75. The van der Waals surface area contributed by atoms with Crippen LogP contribution < -0.4 is 0 Å². The Hall–Kier alpha value is -1.26. The van der Waals surface area contributed by atoms with Gasteiger partial charge in [-0.25, -0.2) is 4.79 Å². The lowest BCUT2D eigenvalue weighted by atomic mass is 9.95. The molecule has 0 bridgehead atoms. The molecule has 5 heteroatoms. The summed E-state index contributed by atoms with van der Waals surface area (Å²) in [5.74, 6) is -0.638. The third-order valence-corrected chi connectivity index (χ3v) is 4.44. The summed E-state index contributed by atoms with van der Waals surface area (Å²) in [6.45, 7) is 1.30. The van der Waals surface area contributed by atoms with Crippen LogP contribution in [0.3, 0.4) is 0 Å². The lowest BCUT2D eigenvalue weighted by Gasteiger charge is -2.34. The molecule has 108 valence electrons. The van der Waals surface area contributed by atoms with E-state index in [4.69, 9.17) is 5.11 Å². The smallest absolute Gasteiger partial charge is 0.319 e. The number of carboxylic acids is 1.